The molecule has 1 aromatic heterocycles. The summed E-state index contributed by atoms with van der Waals surface area (Å²) in [5.41, 5.74) is 3.31. The number of hydrogen-bond donors (Lipinski definition) is 1. The molecule has 0 unspecified atom stereocenters. The largest absolute Gasteiger partial charge is 0.497 e. The molecule has 1 N–H and O–H groups in total. The molecule has 0 atom stereocenters. The molecule has 1 heterocycles. The quantitative estimate of drug-likeness (QED) is 0.872. The van der Waals surface area contributed by atoms with E-state index in [9.17, 15) is 0 Å². The summed E-state index contributed by atoms with van der Waals surface area (Å²) in [7, 11) is 5.53. The molecule has 0 fully saturated rings. The molecule has 2 rings (SSSR count). The van der Waals surface area contributed by atoms with Gasteiger partial charge in [0.05, 0.1) is 12.8 Å². The second kappa shape index (κ2) is 5.01. The van der Waals surface area contributed by atoms with Gasteiger partial charge in [-0.3, -0.25) is 4.68 Å². The highest BCUT2D eigenvalue weighted by atomic mass is 16.5. The van der Waals surface area contributed by atoms with Crippen LogP contribution >= 0.6 is 0 Å². The zero-order chi connectivity index (χ0) is 12.3. The number of methoxy groups -OCH3 is 1. The van der Waals surface area contributed by atoms with Crippen LogP contribution in [0.2, 0.25) is 0 Å². The van der Waals surface area contributed by atoms with Gasteiger partial charge in [-0.2, -0.15) is 5.10 Å². The Morgan fingerprint density at radius 2 is 2.24 bits per heavy atom. The van der Waals surface area contributed by atoms with Gasteiger partial charge in [0, 0.05) is 25.4 Å². The number of aryl methyl sites for hydroxylation is 1. The van der Waals surface area contributed by atoms with E-state index in [1.54, 1.807) is 7.11 Å². The van der Waals surface area contributed by atoms with E-state index in [0.29, 0.717) is 0 Å². The van der Waals surface area contributed by atoms with E-state index >= 15 is 0 Å². The third-order valence-corrected chi connectivity index (χ3v) is 2.63. The average molecular weight is 231 g/mol. The maximum absolute atomic E-state index is 5.24. The molecule has 0 aliphatic carbocycles. The molecule has 0 bridgehead atoms. The molecular weight excluding hydrogens is 214 g/mol. The highest BCUT2D eigenvalue weighted by Crippen LogP contribution is 2.26. The van der Waals surface area contributed by atoms with Crippen LogP contribution in [0.1, 0.15) is 5.69 Å². The Balaban J connectivity index is 2.43. The topological polar surface area (TPSA) is 39.1 Å². The van der Waals surface area contributed by atoms with Gasteiger partial charge in [0.25, 0.3) is 0 Å². The van der Waals surface area contributed by atoms with Crippen LogP contribution in [0.25, 0.3) is 11.1 Å². The van der Waals surface area contributed by atoms with Crippen LogP contribution in [0.15, 0.2) is 30.5 Å². The minimum absolute atomic E-state index is 0.757. The van der Waals surface area contributed by atoms with Crippen molar-refractivity contribution >= 4 is 0 Å². The second-order valence-electron chi connectivity index (χ2n) is 3.93. The Morgan fingerprint density at radius 3 is 2.94 bits per heavy atom. The van der Waals surface area contributed by atoms with Crippen molar-refractivity contribution in [1.82, 2.24) is 15.1 Å². The summed E-state index contributed by atoms with van der Waals surface area (Å²) < 4.78 is 7.07. The van der Waals surface area contributed by atoms with Crippen LogP contribution in [0.5, 0.6) is 5.75 Å². The van der Waals surface area contributed by atoms with Crippen molar-refractivity contribution in [3.63, 3.8) is 0 Å². The molecule has 0 radical (unpaired) electrons. The van der Waals surface area contributed by atoms with Gasteiger partial charge in [-0.05, 0) is 24.7 Å². The Kier molecular flexibility index (Phi) is 3.44. The van der Waals surface area contributed by atoms with Gasteiger partial charge < -0.3 is 10.1 Å². The third-order valence-electron chi connectivity index (χ3n) is 2.63. The van der Waals surface area contributed by atoms with Gasteiger partial charge in [0.1, 0.15) is 5.75 Å². The van der Waals surface area contributed by atoms with Crippen LogP contribution in [-0.2, 0) is 13.6 Å². The number of rotatable bonds is 4. The lowest BCUT2D eigenvalue weighted by Gasteiger charge is -2.04. The van der Waals surface area contributed by atoms with Crippen molar-refractivity contribution in [3.05, 3.63) is 36.2 Å². The zero-order valence-electron chi connectivity index (χ0n) is 10.4. The second-order valence-corrected chi connectivity index (χ2v) is 3.93. The van der Waals surface area contributed by atoms with E-state index in [1.807, 2.05) is 43.2 Å². The molecular formula is C13H17N3O. The van der Waals surface area contributed by atoms with E-state index in [1.165, 1.54) is 0 Å². The molecule has 4 heteroatoms. The van der Waals surface area contributed by atoms with Gasteiger partial charge in [0.15, 0.2) is 0 Å². The molecule has 0 saturated heterocycles. The summed E-state index contributed by atoms with van der Waals surface area (Å²) in [5.74, 6) is 0.863. The summed E-state index contributed by atoms with van der Waals surface area (Å²) in [6, 6.07) is 8.02. The van der Waals surface area contributed by atoms with Crippen LogP contribution in [0.4, 0.5) is 0 Å². The summed E-state index contributed by atoms with van der Waals surface area (Å²) in [4.78, 5) is 0. The first-order valence-corrected chi connectivity index (χ1v) is 5.56. The Labute approximate surface area is 101 Å². The first-order valence-electron chi connectivity index (χ1n) is 5.56. The predicted molar refractivity (Wildman–Crippen MR) is 68.0 cm³/mol. The Bertz CT molecular complexity index is 505. The number of nitrogens with zero attached hydrogens (tertiary/aromatic N) is 2. The number of nitrogens with one attached hydrogen (secondary N) is 1. The minimum Gasteiger partial charge on any atom is -0.497 e. The smallest absolute Gasteiger partial charge is 0.119 e. The number of benzene rings is 1. The minimum atomic E-state index is 0.757. The first-order chi connectivity index (χ1) is 8.24. The highest BCUT2D eigenvalue weighted by molar-refractivity contribution is 5.66. The van der Waals surface area contributed by atoms with Crippen molar-refractivity contribution < 1.29 is 4.74 Å². The maximum Gasteiger partial charge on any atom is 0.119 e. The van der Waals surface area contributed by atoms with Crippen LogP contribution in [0, 0.1) is 0 Å². The molecule has 4 nitrogen and oxygen atoms in total. The SMILES string of the molecule is CNCc1nn(C)cc1-c1cccc(OC)c1. The fourth-order valence-corrected chi connectivity index (χ4v) is 1.86. The molecule has 2 aromatic rings. The summed E-state index contributed by atoms with van der Waals surface area (Å²) in [5, 5.41) is 7.57. The van der Waals surface area contributed by atoms with E-state index in [4.69, 9.17) is 4.74 Å². The molecule has 0 saturated carbocycles. The van der Waals surface area contributed by atoms with Gasteiger partial charge >= 0.3 is 0 Å². The summed E-state index contributed by atoms with van der Waals surface area (Å²) in [6.07, 6.45) is 2.03. The zero-order valence-corrected chi connectivity index (χ0v) is 10.4. The van der Waals surface area contributed by atoms with E-state index in [-0.39, 0.29) is 0 Å². The lowest BCUT2D eigenvalue weighted by Crippen LogP contribution is -2.07. The fourth-order valence-electron chi connectivity index (χ4n) is 1.86. The van der Waals surface area contributed by atoms with Crippen LogP contribution in [-0.4, -0.2) is 23.9 Å². The monoisotopic (exact) mass is 231 g/mol. The molecule has 0 aliphatic rings. The van der Waals surface area contributed by atoms with E-state index < -0.39 is 0 Å². The van der Waals surface area contributed by atoms with Gasteiger partial charge in [-0.25, -0.2) is 0 Å². The fraction of sp³-hybridized carbons (Fsp3) is 0.308. The Morgan fingerprint density at radius 1 is 1.41 bits per heavy atom. The standard InChI is InChI=1S/C13H17N3O/c1-14-8-13-12(9-16(2)15-13)10-5-4-6-11(7-10)17-3/h4-7,9,14H,8H2,1-3H3. The normalized spacial score (nSPS) is 10.5. The summed E-state index contributed by atoms with van der Waals surface area (Å²) in [6.45, 7) is 0.757. The van der Waals surface area contributed by atoms with Gasteiger partial charge in [-0.1, -0.05) is 12.1 Å². The predicted octanol–water partition coefficient (Wildman–Crippen LogP) is 1.82. The third kappa shape index (κ3) is 2.47. The lowest BCUT2D eigenvalue weighted by molar-refractivity contribution is 0.415. The van der Waals surface area contributed by atoms with Crippen molar-refractivity contribution in [2.75, 3.05) is 14.2 Å². The molecule has 0 amide bonds. The molecule has 1 aromatic carbocycles. The number of aromatic nitrogens is 2. The van der Waals surface area contributed by atoms with Gasteiger partial charge in [-0.15, -0.1) is 0 Å². The molecule has 17 heavy (non-hydrogen) atoms. The number of hydrogen-bond acceptors (Lipinski definition) is 3. The summed E-state index contributed by atoms with van der Waals surface area (Å²) >= 11 is 0. The number of ether oxygens (including phenoxy) is 1. The van der Waals surface area contributed by atoms with E-state index in [0.717, 1.165) is 29.1 Å². The highest BCUT2D eigenvalue weighted by Gasteiger charge is 2.09. The molecule has 0 spiro atoms. The van der Waals surface area contributed by atoms with Crippen molar-refractivity contribution in [2.24, 2.45) is 7.05 Å². The van der Waals surface area contributed by atoms with Crippen molar-refractivity contribution in [1.29, 1.82) is 0 Å². The molecule has 0 aliphatic heterocycles. The maximum atomic E-state index is 5.24. The van der Waals surface area contributed by atoms with Crippen LogP contribution in [0.3, 0.4) is 0 Å². The molecule has 90 valence electrons. The average Bonchev–Trinajstić information content (AvgIpc) is 2.71. The Hall–Kier alpha value is -1.81. The lowest BCUT2D eigenvalue weighted by atomic mass is 10.1. The van der Waals surface area contributed by atoms with Crippen LogP contribution < -0.4 is 10.1 Å². The van der Waals surface area contributed by atoms with E-state index in [2.05, 4.69) is 16.5 Å². The van der Waals surface area contributed by atoms with Crippen molar-refractivity contribution in [2.45, 2.75) is 6.54 Å². The van der Waals surface area contributed by atoms with Crippen molar-refractivity contribution in [3.8, 4) is 16.9 Å². The van der Waals surface area contributed by atoms with Gasteiger partial charge in [0.2, 0.25) is 0 Å². The first kappa shape index (κ1) is 11.7.